The van der Waals surface area contributed by atoms with Crippen LogP contribution in [-0.2, 0) is 6.42 Å². The minimum absolute atomic E-state index is 0.697. The Kier molecular flexibility index (Phi) is 2.96. The van der Waals surface area contributed by atoms with E-state index in [1.54, 1.807) is 0 Å². The maximum Gasteiger partial charge on any atom is 0.0214 e. The van der Waals surface area contributed by atoms with E-state index in [-0.39, 0.29) is 0 Å². The maximum atomic E-state index is 3.80. The molecule has 0 bridgehead atoms. The van der Waals surface area contributed by atoms with Gasteiger partial charge < -0.3 is 0 Å². The van der Waals surface area contributed by atoms with Crippen LogP contribution >= 0.6 is 15.9 Å². The van der Waals surface area contributed by atoms with Crippen LogP contribution < -0.4 is 0 Å². The quantitative estimate of drug-likeness (QED) is 0.714. The van der Waals surface area contributed by atoms with Gasteiger partial charge in [0.1, 0.15) is 0 Å². The van der Waals surface area contributed by atoms with E-state index in [0.717, 1.165) is 5.92 Å². The second-order valence-electron chi connectivity index (χ2n) is 4.49. The summed E-state index contributed by atoms with van der Waals surface area (Å²) in [5.74, 6) is 0.940. The van der Waals surface area contributed by atoms with Gasteiger partial charge in [0.15, 0.2) is 0 Å². The molecule has 1 saturated carbocycles. The van der Waals surface area contributed by atoms with E-state index in [1.165, 1.54) is 36.0 Å². The average molecular weight is 253 g/mol. The second-order valence-corrected chi connectivity index (χ2v) is 5.66. The van der Waals surface area contributed by atoms with E-state index in [4.69, 9.17) is 0 Å². The third-order valence-electron chi connectivity index (χ3n) is 3.05. The van der Waals surface area contributed by atoms with Gasteiger partial charge in [-0.2, -0.15) is 0 Å². The molecule has 1 aromatic rings. The molecule has 0 aromatic heterocycles. The first-order valence-corrected chi connectivity index (χ1v) is 6.28. The molecule has 1 aliphatic carbocycles. The molecule has 1 fully saturated rings. The molecule has 0 spiro atoms. The molecular weight excluding hydrogens is 236 g/mol. The third-order valence-corrected chi connectivity index (χ3v) is 4.12. The van der Waals surface area contributed by atoms with Gasteiger partial charge >= 0.3 is 0 Å². The predicted octanol–water partition coefficient (Wildman–Crippen LogP) is 4.02. The third kappa shape index (κ3) is 2.38. The molecule has 0 nitrogen and oxygen atoms in total. The number of hydrogen-bond donors (Lipinski definition) is 0. The highest BCUT2D eigenvalue weighted by atomic mass is 79.9. The van der Waals surface area contributed by atoms with Crippen LogP contribution in [0, 0.1) is 19.8 Å². The highest BCUT2D eigenvalue weighted by molar-refractivity contribution is 9.09. The van der Waals surface area contributed by atoms with Gasteiger partial charge in [-0.05, 0) is 50.2 Å². The smallest absolute Gasteiger partial charge is 0.0214 e. The zero-order valence-electron chi connectivity index (χ0n) is 8.89. The zero-order valence-corrected chi connectivity index (χ0v) is 10.5. The first kappa shape index (κ1) is 10.2. The zero-order chi connectivity index (χ0) is 10.1. The number of benzene rings is 1. The van der Waals surface area contributed by atoms with Crippen molar-refractivity contribution in [3.05, 3.63) is 34.9 Å². The van der Waals surface area contributed by atoms with Crippen molar-refractivity contribution in [2.75, 3.05) is 0 Å². The van der Waals surface area contributed by atoms with Crippen molar-refractivity contribution in [3.63, 3.8) is 0 Å². The Hall–Kier alpha value is -0.300. The molecule has 0 amide bonds. The highest BCUT2D eigenvalue weighted by Crippen LogP contribution is 2.38. The van der Waals surface area contributed by atoms with Crippen LogP contribution in [0.3, 0.4) is 0 Å². The van der Waals surface area contributed by atoms with E-state index in [9.17, 15) is 0 Å². The summed E-state index contributed by atoms with van der Waals surface area (Å²) in [6.45, 7) is 4.38. The highest BCUT2D eigenvalue weighted by Gasteiger charge is 2.29. The lowest BCUT2D eigenvalue weighted by Crippen LogP contribution is -2.06. The summed E-state index contributed by atoms with van der Waals surface area (Å²) in [5, 5.41) is 0. The predicted molar refractivity (Wildman–Crippen MR) is 65.1 cm³/mol. The van der Waals surface area contributed by atoms with Crippen LogP contribution in [0.4, 0.5) is 0 Å². The van der Waals surface area contributed by atoms with Crippen LogP contribution in [0.2, 0.25) is 0 Å². The standard InChI is InChI=1S/C13H17Br/c1-9-3-4-10(2)12(7-9)8-13(14)11-5-6-11/h3-4,7,11,13H,5-6,8H2,1-2H3. The van der Waals surface area contributed by atoms with E-state index >= 15 is 0 Å². The first-order chi connectivity index (χ1) is 6.66. The van der Waals surface area contributed by atoms with E-state index in [1.807, 2.05) is 0 Å². The first-order valence-electron chi connectivity index (χ1n) is 5.37. The fraction of sp³-hybridized carbons (Fsp3) is 0.538. The molecule has 1 aliphatic rings. The van der Waals surface area contributed by atoms with Crippen molar-refractivity contribution < 1.29 is 0 Å². The van der Waals surface area contributed by atoms with Gasteiger partial charge in [-0.3, -0.25) is 0 Å². The fourth-order valence-corrected chi connectivity index (χ4v) is 2.73. The van der Waals surface area contributed by atoms with Crippen LogP contribution in [-0.4, -0.2) is 4.83 Å². The summed E-state index contributed by atoms with van der Waals surface area (Å²) in [5.41, 5.74) is 4.32. The Balaban J connectivity index is 2.10. The van der Waals surface area contributed by atoms with Gasteiger partial charge in [0.25, 0.3) is 0 Å². The lowest BCUT2D eigenvalue weighted by molar-refractivity contribution is 0.757. The molecule has 1 atom stereocenters. The number of alkyl halides is 1. The molecular formula is C13H17Br. The number of hydrogen-bond acceptors (Lipinski definition) is 0. The lowest BCUT2D eigenvalue weighted by Gasteiger charge is -2.11. The van der Waals surface area contributed by atoms with Gasteiger partial charge in [-0.1, -0.05) is 39.7 Å². The summed E-state index contributed by atoms with van der Waals surface area (Å²) in [7, 11) is 0. The monoisotopic (exact) mass is 252 g/mol. The summed E-state index contributed by atoms with van der Waals surface area (Å²) in [6, 6.07) is 6.75. The van der Waals surface area contributed by atoms with E-state index < -0.39 is 0 Å². The Bertz CT molecular complexity index is 326. The molecule has 2 rings (SSSR count). The van der Waals surface area contributed by atoms with Crippen molar-refractivity contribution in [2.45, 2.75) is 37.9 Å². The Labute approximate surface area is 94.8 Å². The summed E-state index contributed by atoms with van der Waals surface area (Å²) >= 11 is 3.80. The van der Waals surface area contributed by atoms with Gasteiger partial charge in [-0.15, -0.1) is 0 Å². The van der Waals surface area contributed by atoms with Gasteiger partial charge in [-0.25, -0.2) is 0 Å². The average Bonchev–Trinajstić information content (AvgIpc) is 2.94. The van der Waals surface area contributed by atoms with Crippen LogP contribution in [0.15, 0.2) is 18.2 Å². The Morgan fingerprint density at radius 2 is 2.07 bits per heavy atom. The minimum atomic E-state index is 0.697. The molecule has 0 aliphatic heterocycles. The van der Waals surface area contributed by atoms with Crippen molar-refractivity contribution in [1.29, 1.82) is 0 Å². The Morgan fingerprint density at radius 3 is 2.71 bits per heavy atom. The lowest BCUT2D eigenvalue weighted by atomic mass is 10.00. The molecule has 1 unspecified atom stereocenters. The molecule has 1 aromatic carbocycles. The Morgan fingerprint density at radius 1 is 1.36 bits per heavy atom. The van der Waals surface area contributed by atoms with E-state index in [2.05, 4.69) is 48.0 Å². The summed E-state index contributed by atoms with van der Waals surface area (Å²) < 4.78 is 0. The molecule has 0 saturated heterocycles. The van der Waals surface area contributed by atoms with Gasteiger partial charge in [0, 0.05) is 4.83 Å². The molecule has 1 heteroatoms. The van der Waals surface area contributed by atoms with Crippen LogP contribution in [0.25, 0.3) is 0 Å². The largest absolute Gasteiger partial charge is 0.0884 e. The van der Waals surface area contributed by atoms with Gasteiger partial charge in [0.05, 0.1) is 0 Å². The molecule has 0 radical (unpaired) electrons. The minimum Gasteiger partial charge on any atom is -0.0884 e. The number of aryl methyl sites for hydroxylation is 2. The van der Waals surface area contributed by atoms with Crippen LogP contribution in [0.1, 0.15) is 29.5 Å². The SMILES string of the molecule is Cc1ccc(C)c(CC(Br)C2CC2)c1. The van der Waals surface area contributed by atoms with Gasteiger partial charge in [0.2, 0.25) is 0 Å². The second kappa shape index (κ2) is 4.06. The summed E-state index contributed by atoms with van der Waals surface area (Å²) in [4.78, 5) is 0.697. The van der Waals surface area contributed by atoms with Crippen LogP contribution in [0.5, 0.6) is 0 Å². The molecule has 0 heterocycles. The van der Waals surface area contributed by atoms with Crippen molar-refractivity contribution in [3.8, 4) is 0 Å². The number of halogens is 1. The number of rotatable bonds is 3. The maximum absolute atomic E-state index is 3.80. The van der Waals surface area contributed by atoms with E-state index in [0.29, 0.717) is 4.83 Å². The fourth-order valence-electron chi connectivity index (χ4n) is 1.85. The molecule has 14 heavy (non-hydrogen) atoms. The van der Waals surface area contributed by atoms with Crippen molar-refractivity contribution in [1.82, 2.24) is 0 Å². The topological polar surface area (TPSA) is 0 Å². The van der Waals surface area contributed by atoms with Crippen molar-refractivity contribution in [2.24, 2.45) is 5.92 Å². The molecule has 0 N–H and O–H groups in total. The molecule has 76 valence electrons. The van der Waals surface area contributed by atoms with Crippen molar-refractivity contribution >= 4 is 15.9 Å². The summed E-state index contributed by atoms with van der Waals surface area (Å²) in [6.07, 6.45) is 4.03. The normalized spacial score (nSPS) is 18.2.